The van der Waals surface area contributed by atoms with Crippen LogP contribution >= 0.6 is 0 Å². The summed E-state index contributed by atoms with van der Waals surface area (Å²) in [6.45, 7) is 2.23. The van der Waals surface area contributed by atoms with E-state index in [0.29, 0.717) is 5.92 Å². The Kier molecular flexibility index (Phi) is 3.06. The first-order valence-corrected chi connectivity index (χ1v) is 5.37. The van der Waals surface area contributed by atoms with Crippen molar-refractivity contribution >= 4 is 11.5 Å². The van der Waals surface area contributed by atoms with Gasteiger partial charge >= 0.3 is 0 Å². The summed E-state index contributed by atoms with van der Waals surface area (Å²) in [5.41, 5.74) is 6.60. The Balaban J connectivity index is 2.04. The molecule has 1 aromatic rings. The number of hydrogen-bond donors (Lipinski definition) is 2. The summed E-state index contributed by atoms with van der Waals surface area (Å²) in [4.78, 5) is 6.50. The third kappa shape index (κ3) is 2.21. The lowest BCUT2D eigenvalue weighted by Crippen LogP contribution is -2.22. The van der Waals surface area contributed by atoms with Crippen LogP contribution in [0.25, 0.3) is 0 Å². The Labute approximate surface area is 89.7 Å². The Hall–Kier alpha value is -1.29. The van der Waals surface area contributed by atoms with Crippen molar-refractivity contribution in [3.63, 3.8) is 0 Å². The average Bonchev–Trinajstić information content (AvgIpc) is 2.68. The van der Waals surface area contributed by atoms with Gasteiger partial charge in [0.2, 0.25) is 0 Å². The highest BCUT2D eigenvalue weighted by atomic mass is 16.3. The van der Waals surface area contributed by atoms with Gasteiger partial charge in [0.05, 0.1) is 5.69 Å². The fraction of sp³-hybridized carbons (Fsp3) is 0.545. The van der Waals surface area contributed by atoms with Crippen LogP contribution in [-0.2, 0) is 0 Å². The smallest absolute Gasteiger partial charge is 0.151 e. The van der Waals surface area contributed by atoms with Crippen molar-refractivity contribution < 1.29 is 5.11 Å². The van der Waals surface area contributed by atoms with E-state index in [1.807, 2.05) is 12.1 Å². The van der Waals surface area contributed by atoms with Crippen molar-refractivity contribution in [2.75, 3.05) is 30.3 Å². The van der Waals surface area contributed by atoms with E-state index in [-0.39, 0.29) is 6.61 Å². The van der Waals surface area contributed by atoms with E-state index in [9.17, 15) is 0 Å². The molecule has 1 aliphatic rings. The van der Waals surface area contributed by atoms with Gasteiger partial charge < -0.3 is 15.7 Å². The van der Waals surface area contributed by atoms with E-state index in [1.165, 1.54) is 0 Å². The molecule has 1 aliphatic heterocycles. The van der Waals surface area contributed by atoms with Crippen LogP contribution < -0.4 is 10.6 Å². The van der Waals surface area contributed by atoms with Gasteiger partial charge in [0, 0.05) is 25.9 Å². The van der Waals surface area contributed by atoms with E-state index >= 15 is 0 Å². The fourth-order valence-corrected chi connectivity index (χ4v) is 2.12. The van der Waals surface area contributed by atoms with Crippen molar-refractivity contribution in [1.82, 2.24) is 4.98 Å². The molecule has 1 saturated heterocycles. The molecular weight excluding hydrogens is 190 g/mol. The van der Waals surface area contributed by atoms with Crippen molar-refractivity contribution in [1.29, 1.82) is 0 Å². The molecule has 2 rings (SSSR count). The van der Waals surface area contributed by atoms with Gasteiger partial charge in [0.1, 0.15) is 0 Å². The zero-order valence-corrected chi connectivity index (χ0v) is 8.76. The molecule has 82 valence electrons. The maximum Gasteiger partial charge on any atom is 0.151 e. The highest BCUT2D eigenvalue weighted by Gasteiger charge is 2.23. The Morgan fingerprint density at radius 3 is 3.20 bits per heavy atom. The molecule has 4 nitrogen and oxygen atoms in total. The van der Waals surface area contributed by atoms with E-state index in [1.54, 1.807) is 6.20 Å². The van der Waals surface area contributed by atoms with Gasteiger partial charge in [-0.2, -0.15) is 0 Å². The summed E-state index contributed by atoms with van der Waals surface area (Å²) in [7, 11) is 0. The van der Waals surface area contributed by atoms with Gasteiger partial charge in [-0.05, 0) is 30.9 Å². The molecule has 15 heavy (non-hydrogen) atoms. The summed E-state index contributed by atoms with van der Waals surface area (Å²) in [6, 6.07) is 3.72. The molecule has 0 bridgehead atoms. The monoisotopic (exact) mass is 207 g/mol. The highest BCUT2D eigenvalue weighted by molar-refractivity contribution is 5.62. The molecule has 0 aliphatic carbocycles. The predicted molar refractivity (Wildman–Crippen MR) is 60.7 cm³/mol. The van der Waals surface area contributed by atoms with E-state index in [4.69, 9.17) is 10.8 Å². The average molecular weight is 207 g/mol. The fourth-order valence-electron chi connectivity index (χ4n) is 2.12. The number of pyridine rings is 1. The molecular formula is C11H17N3O. The van der Waals surface area contributed by atoms with Crippen molar-refractivity contribution in [2.45, 2.75) is 12.8 Å². The van der Waals surface area contributed by atoms with E-state index in [2.05, 4.69) is 9.88 Å². The van der Waals surface area contributed by atoms with Crippen LogP contribution in [0.5, 0.6) is 0 Å². The maximum atomic E-state index is 8.88. The first-order valence-electron chi connectivity index (χ1n) is 5.37. The largest absolute Gasteiger partial charge is 0.396 e. The number of anilines is 2. The number of hydrogen-bond acceptors (Lipinski definition) is 4. The SMILES string of the molecule is Nc1cccnc1N1CCC(CCO)C1. The second-order valence-electron chi connectivity index (χ2n) is 4.03. The predicted octanol–water partition coefficient (Wildman–Crippen LogP) is 0.872. The lowest BCUT2D eigenvalue weighted by molar-refractivity contribution is 0.263. The van der Waals surface area contributed by atoms with Crippen molar-refractivity contribution in [2.24, 2.45) is 5.92 Å². The lowest BCUT2D eigenvalue weighted by atomic mass is 10.1. The van der Waals surface area contributed by atoms with Gasteiger partial charge in [-0.15, -0.1) is 0 Å². The van der Waals surface area contributed by atoms with Gasteiger partial charge in [0.25, 0.3) is 0 Å². The Morgan fingerprint density at radius 2 is 2.47 bits per heavy atom. The number of nitrogens with zero attached hydrogens (tertiary/aromatic N) is 2. The van der Waals surface area contributed by atoms with Crippen LogP contribution in [0.2, 0.25) is 0 Å². The number of nitrogens with two attached hydrogens (primary N) is 1. The van der Waals surface area contributed by atoms with Crippen LogP contribution in [0.1, 0.15) is 12.8 Å². The molecule has 1 unspecified atom stereocenters. The van der Waals surface area contributed by atoms with Crippen molar-refractivity contribution in [3.8, 4) is 0 Å². The first kappa shape index (κ1) is 10.2. The summed E-state index contributed by atoms with van der Waals surface area (Å²) in [5.74, 6) is 1.47. The molecule has 4 heteroatoms. The molecule has 1 atom stereocenters. The van der Waals surface area contributed by atoms with Crippen LogP contribution in [0.4, 0.5) is 11.5 Å². The minimum absolute atomic E-state index is 0.274. The first-order chi connectivity index (χ1) is 7.31. The Morgan fingerprint density at radius 1 is 1.60 bits per heavy atom. The maximum absolute atomic E-state index is 8.88. The molecule has 3 N–H and O–H groups in total. The molecule has 0 spiro atoms. The summed E-state index contributed by atoms with van der Waals surface area (Å²) >= 11 is 0. The summed E-state index contributed by atoms with van der Waals surface area (Å²) in [6.07, 6.45) is 3.77. The number of aliphatic hydroxyl groups excluding tert-OH is 1. The molecule has 0 amide bonds. The summed E-state index contributed by atoms with van der Waals surface area (Å²) in [5, 5.41) is 8.88. The third-order valence-electron chi connectivity index (χ3n) is 2.94. The second-order valence-corrected chi connectivity index (χ2v) is 4.03. The number of aromatic nitrogens is 1. The minimum atomic E-state index is 0.274. The molecule has 1 aromatic heterocycles. The molecule has 2 heterocycles. The number of nitrogen functional groups attached to an aromatic ring is 1. The quantitative estimate of drug-likeness (QED) is 0.772. The van der Waals surface area contributed by atoms with Gasteiger partial charge in [-0.3, -0.25) is 0 Å². The Bertz CT molecular complexity index is 329. The van der Waals surface area contributed by atoms with Crippen LogP contribution in [-0.4, -0.2) is 29.8 Å². The minimum Gasteiger partial charge on any atom is -0.396 e. The van der Waals surface area contributed by atoms with Crippen LogP contribution in [0.15, 0.2) is 18.3 Å². The van der Waals surface area contributed by atoms with Gasteiger partial charge in [0.15, 0.2) is 5.82 Å². The zero-order valence-electron chi connectivity index (χ0n) is 8.76. The van der Waals surface area contributed by atoms with Crippen molar-refractivity contribution in [3.05, 3.63) is 18.3 Å². The van der Waals surface area contributed by atoms with Crippen LogP contribution in [0.3, 0.4) is 0 Å². The zero-order chi connectivity index (χ0) is 10.7. The number of aliphatic hydroxyl groups is 1. The molecule has 0 radical (unpaired) electrons. The standard InChI is InChI=1S/C11H17N3O/c12-10-2-1-5-13-11(10)14-6-3-9(8-14)4-7-15/h1-2,5,9,15H,3-4,6-8,12H2. The topological polar surface area (TPSA) is 62.4 Å². The van der Waals surface area contributed by atoms with Crippen LogP contribution in [0, 0.1) is 5.92 Å². The number of rotatable bonds is 3. The lowest BCUT2D eigenvalue weighted by Gasteiger charge is -2.18. The molecule has 1 fully saturated rings. The normalized spacial score (nSPS) is 20.9. The molecule has 0 saturated carbocycles. The van der Waals surface area contributed by atoms with E-state index in [0.717, 1.165) is 37.4 Å². The second kappa shape index (κ2) is 4.49. The highest BCUT2D eigenvalue weighted by Crippen LogP contribution is 2.27. The molecule has 0 aromatic carbocycles. The van der Waals surface area contributed by atoms with Gasteiger partial charge in [-0.25, -0.2) is 4.98 Å². The summed E-state index contributed by atoms with van der Waals surface area (Å²) < 4.78 is 0. The van der Waals surface area contributed by atoms with Gasteiger partial charge in [-0.1, -0.05) is 0 Å². The third-order valence-corrected chi connectivity index (χ3v) is 2.94. The van der Waals surface area contributed by atoms with E-state index < -0.39 is 0 Å².